The van der Waals surface area contributed by atoms with E-state index in [9.17, 15) is 8.42 Å². The maximum Gasteiger partial charge on any atom is 0.227 e. The highest BCUT2D eigenvalue weighted by Gasteiger charge is 2.31. The Kier molecular flexibility index (Phi) is 5.59. The predicted molar refractivity (Wildman–Crippen MR) is 91.7 cm³/mol. The zero-order chi connectivity index (χ0) is 17.2. The van der Waals surface area contributed by atoms with Crippen molar-refractivity contribution in [1.29, 1.82) is 0 Å². The number of fused-ring (bicyclic) bond motifs is 1. The number of rotatable bonds is 7. The highest BCUT2D eigenvalue weighted by Crippen LogP contribution is 2.23. The van der Waals surface area contributed by atoms with Gasteiger partial charge in [-0.1, -0.05) is 0 Å². The zero-order valence-electron chi connectivity index (χ0n) is 14.6. The van der Waals surface area contributed by atoms with Crippen LogP contribution < -0.4 is 0 Å². The summed E-state index contributed by atoms with van der Waals surface area (Å²) in [5, 5.41) is 0.174. The van der Waals surface area contributed by atoms with Gasteiger partial charge in [-0.25, -0.2) is 13.4 Å². The number of sulfone groups is 1. The van der Waals surface area contributed by atoms with Crippen LogP contribution >= 0.6 is 0 Å². The number of nitrogens with zero attached hydrogens (tertiary/aromatic N) is 4. The Morgan fingerprint density at radius 1 is 1.33 bits per heavy atom. The van der Waals surface area contributed by atoms with Crippen LogP contribution in [-0.2, 0) is 27.7 Å². The number of hydrogen-bond acceptors (Lipinski definition) is 6. The molecule has 3 rings (SSSR count). The minimum atomic E-state index is -3.32. The average molecular weight is 356 g/mol. The SMILES string of the molecule is COCCCn1c(CN2CCN3CCCC3C2)cnc1S(C)(=O)=O. The van der Waals surface area contributed by atoms with Crippen molar-refractivity contribution in [3.05, 3.63) is 11.9 Å². The summed E-state index contributed by atoms with van der Waals surface area (Å²) < 4.78 is 31.0. The van der Waals surface area contributed by atoms with E-state index >= 15 is 0 Å². The second kappa shape index (κ2) is 7.51. The van der Waals surface area contributed by atoms with Gasteiger partial charge in [-0.3, -0.25) is 9.80 Å². The van der Waals surface area contributed by atoms with Crippen molar-refractivity contribution in [3.8, 4) is 0 Å². The van der Waals surface area contributed by atoms with E-state index in [4.69, 9.17) is 4.74 Å². The Morgan fingerprint density at radius 2 is 2.17 bits per heavy atom. The summed E-state index contributed by atoms with van der Waals surface area (Å²) in [6.07, 6.45) is 6.30. The van der Waals surface area contributed by atoms with E-state index in [-0.39, 0.29) is 5.16 Å². The van der Waals surface area contributed by atoms with Gasteiger partial charge in [0.15, 0.2) is 0 Å². The molecule has 136 valence electrons. The van der Waals surface area contributed by atoms with Gasteiger partial charge in [0.05, 0.1) is 11.9 Å². The number of ether oxygens (including phenoxy) is 1. The molecule has 0 bridgehead atoms. The first-order valence-electron chi connectivity index (χ1n) is 8.69. The number of imidazole rings is 1. The summed E-state index contributed by atoms with van der Waals surface area (Å²) in [7, 11) is -1.66. The first-order chi connectivity index (χ1) is 11.5. The van der Waals surface area contributed by atoms with Gasteiger partial charge >= 0.3 is 0 Å². The third-order valence-corrected chi connectivity index (χ3v) is 6.01. The average Bonchev–Trinajstić information content (AvgIpc) is 3.14. The smallest absolute Gasteiger partial charge is 0.227 e. The molecular weight excluding hydrogens is 328 g/mol. The molecule has 0 aromatic carbocycles. The summed E-state index contributed by atoms with van der Waals surface area (Å²) in [6.45, 7) is 6.44. The lowest BCUT2D eigenvalue weighted by Crippen LogP contribution is -2.49. The molecule has 1 atom stereocenters. The zero-order valence-corrected chi connectivity index (χ0v) is 15.5. The van der Waals surface area contributed by atoms with Gasteiger partial charge in [0.1, 0.15) is 0 Å². The molecule has 8 heteroatoms. The fourth-order valence-electron chi connectivity index (χ4n) is 3.85. The highest BCUT2D eigenvalue weighted by molar-refractivity contribution is 7.90. The van der Waals surface area contributed by atoms with Crippen molar-refractivity contribution in [2.24, 2.45) is 0 Å². The van der Waals surface area contributed by atoms with E-state index in [2.05, 4.69) is 14.8 Å². The molecule has 0 amide bonds. The van der Waals surface area contributed by atoms with Gasteiger partial charge in [-0.2, -0.15) is 0 Å². The van der Waals surface area contributed by atoms with Crippen molar-refractivity contribution in [1.82, 2.24) is 19.4 Å². The van der Waals surface area contributed by atoms with Gasteiger partial charge in [0.2, 0.25) is 15.0 Å². The second-order valence-electron chi connectivity index (χ2n) is 6.87. The number of piperazine rings is 1. The van der Waals surface area contributed by atoms with Crippen LogP contribution in [0.1, 0.15) is 25.0 Å². The van der Waals surface area contributed by atoms with Crippen LogP contribution in [0.15, 0.2) is 11.4 Å². The van der Waals surface area contributed by atoms with E-state index in [1.165, 1.54) is 25.6 Å². The largest absolute Gasteiger partial charge is 0.385 e. The van der Waals surface area contributed by atoms with Crippen LogP contribution in [0, 0.1) is 0 Å². The molecule has 2 saturated heterocycles. The van der Waals surface area contributed by atoms with E-state index in [1.54, 1.807) is 13.3 Å². The summed E-state index contributed by atoms with van der Waals surface area (Å²) in [6, 6.07) is 0.665. The minimum Gasteiger partial charge on any atom is -0.385 e. The van der Waals surface area contributed by atoms with Crippen molar-refractivity contribution in [3.63, 3.8) is 0 Å². The molecule has 3 heterocycles. The van der Waals surface area contributed by atoms with Crippen LogP contribution in [0.4, 0.5) is 0 Å². The molecule has 0 spiro atoms. The lowest BCUT2D eigenvalue weighted by Gasteiger charge is -2.37. The minimum absolute atomic E-state index is 0.174. The topological polar surface area (TPSA) is 67.7 Å². The molecular formula is C16H28N4O3S. The van der Waals surface area contributed by atoms with Gasteiger partial charge in [-0.05, 0) is 25.8 Å². The molecule has 1 unspecified atom stereocenters. The van der Waals surface area contributed by atoms with E-state index in [0.29, 0.717) is 19.2 Å². The standard InChI is InChI=1S/C16H28N4O3S/c1-23-10-4-7-20-15(11-17-16(20)24(2,21)22)13-18-8-9-19-6-3-5-14(19)12-18/h11,14H,3-10,12-13H2,1-2H3. The maximum atomic E-state index is 12.0. The van der Waals surface area contributed by atoms with E-state index < -0.39 is 9.84 Å². The van der Waals surface area contributed by atoms with Gasteiger partial charge in [0.25, 0.3) is 0 Å². The lowest BCUT2D eigenvalue weighted by atomic mass is 10.1. The van der Waals surface area contributed by atoms with Crippen LogP contribution in [-0.4, -0.2) is 80.0 Å². The van der Waals surface area contributed by atoms with Crippen molar-refractivity contribution >= 4 is 9.84 Å². The molecule has 2 aliphatic rings. The highest BCUT2D eigenvalue weighted by atomic mass is 32.2. The predicted octanol–water partition coefficient (Wildman–Crippen LogP) is 0.603. The Balaban J connectivity index is 1.73. The van der Waals surface area contributed by atoms with E-state index in [0.717, 1.165) is 38.3 Å². The Labute approximate surface area is 144 Å². The van der Waals surface area contributed by atoms with Gasteiger partial charge in [-0.15, -0.1) is 0 Å². The molecule has 0 saturated carbocycles. The van der Waals surface area contributed by atoms with Gasteiger partial charge in [0, 0.05) is 58.7 Å². The fourth-order valence-corrected chi connectivity index (χ4v) is 4.70. The molecule has 0 aliphatic carbocycles. The first-order valence-corrected chi connectivity index (χ1v) is 10.6. The van der Waals surface area contributed by atoms with E-state index in [1.807, 2.05) is 4.57 Å². The Morgan fingerprint density at radius 3 is 2.92 bits per heavy atom. The number of hydrogen-bond donors (Lipinski definition) is 0. The van der Waals surface area contributed by atoms with Crippen molar-refractivity contribution in [2.45, 2.75) is 43.6 Å². The van der Waals surface area contributed by atoms with Crippen LogP contribution in [0.2, 0.25) is 0 Å². The second-order valence-corrected chi connectivity index (χ2v) is 8.78. The quantitative estimate of drug-likeness (QED) is 0.667. The third kappa shape index (κ3) is 3.99. The lowest BCUT2D eigenvalue weighted by molar-refractivity contribution is 0.0971. The molecule has 1 aromatic rings. The van der Waals surface area contributed by atoms with Crippen molar-refractivity contribution < 1.29 is 13.2 Å². The summed E-state index contributed by atoms with van der Waals surface area (Å²) >= 11 is 0. The summed E-state index contributed by atoms with van der Waals surface area (Å²) in [4.78, 5) is 9.21. The Bertz CT molecular complexity index is 658. The van der Waals surface area contributed by atoms with Crippen LogP contribution in [0.25, 0.3) is 0 Å². The first kappa shape index (κ1) is 17.8. The molecule has 0 radical (unpaired) electrons. The number of aromatic nitrogens is 2. The van der Waals surface area contributed by atoms with Crippen molar-refractivity contribution in [2.75, 3.05) is 46.2 Å². The summed E-state index contributed by atoms with van der Waals surface area (Å²) in [5.74, 6) is 0. The normalized spacial score (nSPS) is 22.8. The molecule has 24 heavy (non-hydrogen) atoms. The molecule has 7 nitrogen and oxygen atoms in total. The maximum absolute atomic E-state index is 12.0. The molecule has 2 fully saturated rings. The van der Waals surface area contributed by atoms with Crippen LogP contribution in [0.3, 0.4) is 0 Å². The Hall–Kier alpha value is -0.960. The molecule has 2 aliphatic heterocycles. The number of methoxy groups -OCH3 is 1. The summed E-state index contributed by atoms with van der Waals surface area (Å²) in [5.41, 5.74) is 0.984. The van der Waals surface area contributed by atoms with Crippen LogP contribution in [0.5, 0.6) is 0 Å². The van der Waals surface area contributed by atoms with Gasteiger partial charge < -0.3 is 9.30 Å². The fraction of sp³-hybridized carbons (Fsp3) is 0.812. The molecule has 0 N–H and O–H groups in total. The monoisotopic (exact) mass is 356 g/mol. The third-order valence-electron chi connectivity index (χ3n) is 5.02. The molecule has 1 aromatic heterocycles.